The zero-order valence-corrected chi connectivity index (χ0v) is 32.8. The molecule has 1 aliphatic heterocycles. The largest absolute Gasteiger partial charge is 0.379 e. The van der Waals surface area contributed by atoms with Gasteiger partial charge in [-0.1, -0.05) is 6.07 Å². The fraction of sp³-hybridized carbons (Fsp3) is 0.286. The van der Waals surface area contributed by atoms with Gasteiger partial charge in [0.2, 0.25) is 15.9 Å². The van der Waals surface area contributed by atoms with Crippen LogP contribution < -0.4 is 10.9 Å². The Hall–Kier alpha value is -5.99. The van der Waals surface area contributed by atoms with Crippen molar-refractivity contribution in [1.29, 1.82) is 0 Å². The first-order chi connectivity index (χ1) is 29.5. The first-order valence-electron chi connectivity index (χ1n) is 19.2. The Morgan fingerprint density at radius 2 is 1.61 bits per heavy atom. The van der Waals surface area contributed by atoms with Gasteiger partial charge >= 0.3 is 0 Å². The molecule has 20 heteroatoms. The third kappa shape index (κ3) is 7.32. The summed E-state index contributed by atoms with van der Waals surface area (Å²) in [6, 6.07) is 12.8. The minimum Gasteiger partial charge on any atom is -0.379 e. The quantitative estimate of drug-likeness (QED) is 0.138. The number of carbonyl (C=O) groups is 1. The molecule has 1 saturated heterocycles. The summed E-state index contributed by atoms with van der Waals surface area (Å²) in [4.78, 5) is 33.2. The number of aromatic nitrogens is 4. The highest BCUT2D eigenvalue weighted by molar-refractivity contribution is 7.89. The summed E-state index contributed by atoms with van der Waals surface area (Å²) in [5.41, 5.74) is -2.90. The Morgan fingerprint density at radius 1 is 0.903 bits per heavy atom. The first-order valence-corrected chi connectivity index (χ1v) is 20.7. The van der Waals surface area contributed by atoms with Gasteiger partial charge in [0.15, 0.2) is 0 Å². The molecule has 0 radical (unpaired) electrons. The van der Waals surface area contributed by atoms with Crippen molar-refractivity contribution in [3.05, 3.63) is 141 Å². The molecular weight excluding hydrogens is 853 g/mol. The highest BCUT2D eigenvalue weighted by atomic mass is 32.2. The maximum atomic E-state index is 15.4. The van der Waals surface area contributed by atoms with Gasteiger partial charge in [0.05, 0.1) is 40.7 Å². The number of sulfonamides is 1. The lowest BCUT2D eigenvalue weighted by molar-refractivity contribution is -0.123. The van der Waals surface area contributed by atoms with Crippen molar-refractivity contribution < 1.29 is 53.1 Å². The van der Waals surface area contributed by atoms with E-state index in [4.69, 9.17) is 9.72 Å². The molecule has 2 aliphatic carbocycles. The van der Waals surface area contributed by atoms with Gasteiger partial charge in [0.1, 0.15) is 47.0 Å². The predicted octanol–water partition coefficient (Wildman–Crippen LogP) is 7.07. The average molecular weight is 885 g/mol. The second kappa shape index (κ2) is 15.4. The molecular formula is C42H32F8N6O5S. The summed E-state index contributed by atoms with van der Waals surface area (Å²) in [6.07, 6.45) is -3.75. The van der Waals surface area contributed by atoms with Crippen molar-refractivity contribution in [2.75, 3.05) is 26.3 Å². The Bertz CT molecular complexity index is 2940. The van der Waals surface area contributed by atoms with E-state index in [1.54, 1.807) is 0 Å². The number of benzene rings is 4. The summed E-state index contributed by atoms with van der Waals surface area (Å²) >= 11 is 0. The molecule has 3 heterocycles. The molecule has 0 bridgehead atoms. The number of nitrogens with zero attached hydrogens (tertiary/aromatic N) is 5. The lowest BCUT2D eigenvalue weighted by Crippen LogP contribution is -2.40. The van der Waals surface area contributed by atoms with E-state index in [0.29, 0.717) is 16.8 Å². The minimum absolute atomic E-state index is 0.00370. The van der Waals surface area contributed by atoms with Crippen molar-refractivity contribution in [1.82, 2.24) is 29.0 Å². The summed E-state index contributed by atoms with van der Waals surface area (Å²) in [5, 5.41) is 6.21. The van der Waals surface area contributed by atoms with Crippen LogP contribution in [0.1, 0.15) is 53.1 Å². The lowest BCUT2D eigenvalue weighted by atomic mass is 10.0. The van der Waals surface area contributed by atoms with Crippen molar-refractivity contribution in [2.45, 2.75) is 48.6 Å². The minimum atomic E-state index is -4.02. The smallest absolute Gasteiger partial charge is 0.293 e. The summed E-state index contributed by atoms with van der Waals surface area (Å²) in [6.45, 7) is -0.472. The number of rotatable bonds is 11. The van der Waals surface area contributed by atoms with Crippen molar-refractivity contribution >= 4 is 26.8 Å². The van der Waals surface area contributed by atoms with Crippen LogP contribution in [0.5, 0.6) is 0 Å². The van der Waals surface area contributed by atoms with Crippen LogP contribution in [0.25, 0.3) is 27.7 Å². The molecule has 11 nitrogen and oxygen atoms in total. The van der Waals surface area contributed by atoms with E-state index in [1.165, 1.54) is 52.8 Å². The number of hydrogen-bond acceptors (Lipinski definition) is 7. The number of ether oxygens (including phenoxy) is 1. The molecule has 4 aromatic carbocycles. The van der Waals surface area contributed by atoms with Crippen molar-refractivity contribution in [3.8, 4) is 16.8 Å². The number of nitrogens with one attached hydrogen (secondary N) is 1. The Balaban J connectivity index is 1.19. The van der Waals surface area contributed by atoms with Gasteiger partial charge in [-0.3, -0.25) is 18.8 Å². The van der Waals surface area contributed by atoms with Crippen LogP contribution in [-0.4, -0.2) is 64.3 Å². The number of amides is 1. The molecule has 1 amide bonds. The predicted molar refractivity (Wildman–Crippen MR) is 205 cm³/mol. The van der Waals surface area contributed by atoms with Crippen LogP contribution >= 0.6 is 0 Å². The van der Waals surface area contributed by atoms with Gasteiger partial charge in [-0.05, 0) is 84.1 Å². The van der Waals surface area contributed by atoms with Crippen LogP contribution in [0.2, 0.25) is 0 Å². The van der Waals surface area contributed by atoms with Gasteiger partial charge in [-0.15, -0.1) is 0 Å². The molecule has 1 unspecified atom stereocenters. The van der Waals surface area contributed by atoms with E-state index in [-0.39, 0.29) is 82.3 Å². The number of morpholine rings is 1. The lowest BCUT2D eigenvalue weighted by Gasteiger charge is -2.26. The summed E-state index contributed by atoms with van der Waals surface area (Å²) in [5.74, 6) is -10.9. The average Bonchev–Trinajstić information content (AvgIpc) is 3.88. The Morgan fingerprint density at radius 3 is 2.29 bits per heavy atom. The zero-order valence-electron chi connectivity index (χ0n) is 32.0. The van der Waals surface area contributed by atoms with Gasteiger partial charge < -0.3 is 10.1 Å². The molecule has 2 fully saturated rings. The zero-order chi connectivity index (χ0) is 43.8. The SMILES string of the molecule is O=C(Cn1nc(C(F)F)c2c1C(F)(F)[C@@H]1C[C@H]21)NC(Cc1cc(F)cc(F)c1)c1nc2cc(-c3ccc(F)cc3F)ccc2c(=O)n1-c1ccc(S(=O)(=O)N2CCOCC2)cc1. The molecule has 1 saturated carbocycles. The number of halogens is 8. The van der Waals surface area contributed by atoms with Crippen molar-refractivity contribution in [2.24, 2.45) is 5.92 Å². The van der Waals surface area contributed by atoms with E-state index >= 15 is 8.78 Å². The Kier molecular flexibility index (Phi) is 10.3. The van der Waals surface area contributed by atoms with Crippen LogP contribution in [0.3, 0.4) is 0 Å². The molecule has 3 atom stereocenters. The number of fused-ring (bicyclic) bond motifs is 4. The van der Waals surface area contributed by atoms with Gasteiger partial charge in [-0.2, -0.15) is 18.2 Å². The third-order valence-corrected chi connectivity index (χ3v) is 13.2. The van der Waals surface area contributed by atoms with Crippen molar-refractivity contribution in [3.63, 3.8) is 0 Å². The fourth-order valence-electron chi connectivity index (χ4n) is 8.41. The summed E-state index contributed by atoms with van der Waals surface area (Å²) < 4.78 is 152. The summed E-state index contributed by atoms with van der Waals surface area (Å²) in [7, 11) is -4.02. The normalized spacial score (nSPS) is 18.8. The molecule has 3 aliphatic rings. The maximum Gasteiger partial charge on any atom is 0.293 e. The monoisotopic (exact) mass is 884 g/mol. The van der Waals surface area contributed by atoms with Gasteiger partial charge in [0, 0.05) is 48.7 Å². The third-order valence-electron chi connectivity index (χ3n) is 11.3. The molecule has 2 aromatic heterocycles. The second-order valence-electron chi connectivity index (χ2n) is 15.3. The van der Waals surface area contributed by atoms with Crippen LogP contribution in [-0.2, 0) is 38.4 Å². The number of hydrogen-bond donors (Lipinski definition) is 1. The fourth-order valence-corrected chi connectivity index (χ4v) is 9.81. The highest BCUT2D eigenvalue weighted by Crippen LogP contribution is 2.68. The Labute approximate surface area is 346 Å². The van der Waals surface area contributed by atoms with E-state index in [1.807, 2.05) is 0 Å². The van der Waals surface area contributed by atoms with E-state index in [2.05, 4.69) is 10.4 Å². The molecule has 62 heavy (non-hydrogen) atoms. The standard InChI is InChI=1S/C42H32F8N6O5S/c43-23-2-8-28(32(46)18-23)22-1-7-29-33(16-22)52-40(56(41(29)58)26-3-5-27(6-4-26)62(59,60)54-9-11-61-12-10-54)34(15-21-13-24(44)17-25(45)14-21)51-35(57)20-55-38-36(37(53-55)39(47)48)30-19-31(30)42(38,49)50/h1-8,13-14,16-18,30-31,34,39H,9-12,15,19-20H2,(H,51,57)/t30-,31+,34?/m0/s1. The van der Waals surface area contributed by atoms with Crippen LogP contribution in [0.15, 0.2) is 88.6 Å². The van der Waals surface area contributed by atoms with E-state index in [0.717, 1.165) is 22.8 Å². The van der Waals surface area contributed by atoms with Gasteiger partial charge in [0.25, 0.3) is 17.9 Å². The van der Waals surface area contributed by atoms with Gasteiger partial charge in [-0.25, -0.2) is 39.7 Å². The highest BCUT2D eigenvalue weighted by Gasteiger charge is 2.67. The molecule has 1 N–H and O–H groups in total. The molecule has 6 aromatic rings. The first kappa shape index (κ1) is 41.4. The molecule has 322 valence electrons. The molecule has 9 rings (SSSR count). The van der Waals surface area contributed by atoms with Crippen LogP contribution in [0, 0.1) is 29.2 Å². The number of alkyl halides is 4. The number of carbonyl (C=O) groups excluding carboxylic acids is 1. The van der Waals surface area contributed by atoms with E-state index < -0.39 is 99.3 Å². The topological polar surface area (TPSA) is 128 Å². The maximum absolute atomic E-state index is 15.4. The molecule has 0 spiro atoms. The van der Waals surface area contributed by atoms with Crippen LogP contribution in [0.4, 0.5) is 35.1 Å². The second-order valence-corrected chi connectivity index (χ2v) is 17.2. The van der Waals surface area contributed by atoms with E-state index in [9.17, 15) is 44.3 Å².